The number of carbonyl (C=O) groups is 1. The highest BCUT2D eigenvalue weighted by atomic mass is 16.5. The van der Waals surface area contributed by atoms with E-state index in [4.69, 9.17) is 9.47 Å². The lowest BCUT2D eigenvalue weighted by Crippen LogP contribution is -2.71. The third-order valence-corrected chi connectivity index (χ3v) is 7.98. The summed E-state index contributed by atoms with van der Waals surface area (Å²) in [7, 11) is 1.52. The van der Waals surface area contributed by atoms with E-state index < -0.39 is 22.7 Å². The Labute approximate surface area is 178 Å². The molecule has 1 spiro atoms. The van der Waals surface area contributed by atoms with E-state index in [1.54, 1.807) is 16.3 Å². The zero-order chi connectivity index (χ0) is 21.5. The van der Waals surface area contributed by atoms with Crippen molar-refractivity contribution >= 4 is 5.97 Å². The number of rotatable bonds is 3. The molecule has 7 rings (SSSR count). The van der Waals surface area contributed by atoms with Crippen molar-refractivity contribution in [3.63, 3.8) is 0 Å². The van der Waals surface area contributed by atoms with Crippen LogP contribution in [0.3, 0.4) is 0 Å². The van der Waals surface area contributed by atoms with E-state index in [-0.39, 0.29) is 24.2 Å². The predicted octanol–water partition coefficient (Wildman–Crippen LogP) is 1.12. The van der Waals surface area contributed by atoms with E-state index in [0.717, 1.165) is 29.6 Å². The third-order valence-electron chi connectivity index (χ3n) is 7.98. The Balaban J connectivity index is 1.83. The number of esters is 1. The van der Waals surface area contributed by atoms with Gasteiger partial charge in [0, 0.05) is 13.0 Å². The minimum atomic E-state index is -1.13. The fourth-order valence-corrected chi connectivity index (χ4v) is 7.05. The predicted molar refractivity (Wildman–Crippen MR) is 111 cm³/mol. The van der Waals surface area contributed by atoms with Gasteiger partial charge in [0.1, 0.15) is 5.54 Å². The molecule has 1 fully saturated rings. The van der Waals surface area contributed by atoms with Crippen molar-refractivity contribution in [1.29, 1.82) is 0 Å². The van der Waals surface area contributed by atoms with Gasteiger partial charge in [-0.15, -0.1) is 0 Å². The maximum absolute atomic E-state index is 13.6. The number of hydrogen-bond donors (Lipinski definition) is 0. The number of benzene rings is 1. The van der Waals surface area contributed by atoms with Gasteiger partial charge >= 0.3 is 17.3 Å². The summed E-state index contributed by atoms with van der Waals surface area (Å²) in [5.41, 5.74) is 0.247. The molecule has 31 heavy (non-hydrogen) atoms. The van der Waals surface area contributed by atoms with Gasteiger partial charge in [-0.2, -0.15) is 0 Å². The van der Waals surface area contributed by atoms with Crippen molar-refractivity contribution in [3.05, 3.63) is 68.0 Å². The van der Waals surface area contributed by atoms with Crippen LogP contribution < -0.4 is 11.4 Å². The van der Waals surface area contributed by atoms with Gasteiger partial charge in [0.05, 0.1) is 31.3 Å². The fourth-order valence-electron chi connectivity index (χ4n) is 7.05. The number of carbonyl (C=O) groups excluding carboxylic acids is 1. The molecule has 8 nitrogen and oxygen atoms in total. The van der Waals surface area contributed by atoms with E-state index in [1.165, 1.54) is 11.6 Å². The van der Waals surface area contributed by atoms with Crippen molar-refractivity contribution in [1.82, 2.24) is 13.9 Å². The molecule has 4 atom stereocenters. The third kappa shape index (κ3) is 1.89. The van der Waals surface area contributed by atoms with Crippen molar-refractivity contribution in [2.45, 2.75) is 37.3 Å². The van der Waals surface area contributed by atoms with Crippen LogP contribution in [0.5, 0.6) is 0 Å². The minimum absolute atomic E-state index is 0.133. The highest BCUT2D eigenvalue weighted by molar-refractivity contribution is 5.79. The lowest BCUT2D eigenvalue weighted by atomic mass is 9.54. The van der Waals surface area contributed by atoms with Gasteiger partial charge in [-0.1, -0.05) is 36.8 Å². The van der Waals surface area contributed by atoms with Crippen molar-refractivity contribution in [2.75, 3.05) is 19.8 Å². The number of nitrogens with zero attached hydrogens (tertiary/aromatic N) is 3. The average Bonchev–Trinajstić information content (AvgIpc) is 3.49. The van der Waals surface area contributed by atoms with E-state index >= 15 is 0 Å². The molecule has 0 unspecified atom stereocenters. The molecule has 5 aliphatic rings. The van der Waals surface area contributed by atoms with Crippen LogP contribution in [-0.2, 0) is 32.4 Å². The lowest BCUT2D eigenvalue weighted by Gasteiger charge is -2.59. The van der Waals surface area contributed by atoms with Gasteiger partial charge < -0.3 is 9.47 Å². The van der Waals surface area contributed by atoms with Gasteiger partial charge in [0.25, 0.3) is 0 Å². The topological polar surface area (TPSA) is 84.5 Å². The van der Waals surface area contributed by atoms with E-state index in [1.807, 2.05) is 30.3 Å². The van der Waals surface area contributed by atoms with Gasteiger partial charge in [-0.05, 0) is 36.5 Å². The smallest absolute Gasteiger partial charge is 0.348 e. The van der Waals surface area contributed by atoms with Crippen molar-refractivity contribution in [2.24, 2.45) is 18.9 Å². The van der Waals surface area contributed by atoms with E-state index in [9.17, 15) is 14.4 Å². The molecule has 0 N–H and O–H groups in total. The second kappa shape index (κ2) is 6.09. The highest BCUT2D eigenvalue weighted by Crippen LogP contribution is 2.66. The molecular formula is C23H25N3O5. The second-order valence-electron chi connectivity index (χ2n) is 8.98. The molecule has 3 aliphatic heterocycles. The highest BCUT2D eigenvalue weighted by Gasteiger charge is 2.72. The first kappa shape index (κ1) is 18.9. The summed E-state index contributed by atoms with van der Waals surface area (Å²) in [5.74, 6) is -1.04. The Morgan fingerprint density at radius 1 is 1.13 bits per heavy atom. The number of hydrogen-bond acceptors (Lipinski definition) is 5. The molecule has 0 amide bonds. The van der Waals surface area contributed by atoms with Gasteiger partial charge in [-0.25, -0.2) is 23.5 Å². The quantitative estimate of drug-likeness (QED) is 0.546. The Kier molecular flexibility index (Phi) is 3.71. The lowest BCUT2D eigenvalue weighted by molar-refractivity contribution is -0.160. The van der Waals surface area contributed by atoms with Crippen LogP contribution in [0.15, 0.2) is 51.1 Å². The SMILES string of the molecule is CCOC(=O)[C@@H]1[C@H]2CCC[C@]23C2=C(COC2)[C@@]1(c1ccccc1)n1c(=O)n(C)c(=O)n13. The Morgan fingerprint density at radius 3 is 2.58 bits per heavy atom. The maximum atomic E-state index is 13.6. The zero-order valence-corrected chi connectivity index (χ0v) is 17.7. The first-order valence-corrected chi connectivity index (χ1v) is 11.0. The summed E-state index contributed by atoms with van der Waals surface area (Å²) < 4.78 is 16.0. The number of ether oxygens (including phenoxy) is 2. The molecule has 2 bridgehead atoms. The summed E-state index contributed by atoms with van der Waals surface area (Å²) in [6.07, 6.45) is 2.38. The number of aromatic nitrogens is 3. The Morgan fingerprint density at radius 2 is 1.84 bits per heavy atom. The van der Waals surface area contributed by atoms with Crippen LogP contribution in [-0.4, -0.2) is 39.7 Å². The normalized spacial score (nSPS) is 32.7. The summed E-state index contributed by atoms with van der Waals surface area (Å²) >= 11 is 0. The van der Waals surface area contributed by atoms with E-state index in [0.29, 0.717) is 19.6 Å². The molecule has 4 heterocycles. The minimum Gasteiger partial charge on any atom is -0.466 e. The Bertz CT molecular complexity index is 1250. The van der Waals surface area contributed by atoms with Crippen molar-refractivity contribution in [3.8, 4) is 0 Å². The zero-order valence-electron chi connectivity index (χ0n) is 17.7. The molecule has 162 valence electrons. The van der Waals surface area contributed by atoms with Crippen LogP contribution >= 0.6 is 0 Å². The Hall–Kier alpha value is -2.87. The maximum Gasteiger partial charge on any atom is 0.348 e. The summed E-state index contributed by atoms with van der Waals surface area (Å²) in [6.45, 7) is 2.82. The monoisotopic (exact) mass is 423 g/mol. The average molecular weight is 423 g/mol. The van der Waals surface area contributed by atoms with Crippen LogP contribution in [0.1, 0.15) is 31.7 Å². The largest absolute Gasteiger partial charge is 0.466 e. The van der Waals surface area contributed by atoms with Gasteiger partial charge in [-0.3, -0.25) is 4.79 Å². The van der Waals surface area contributed by atoms with Crippen LogP contribution in [0.2, 0.25) is 0 Å². The molecule has 0 radical (unpaired) electrons. The second-order valence-corrected chi connectivity index (χ2v) is 8.98. The first-order valence-electron chi connectivity index (χ1n) is 11.0. The summed E-state index contributed by atoms with van der Waals surface area (Å²) in [6, 6.07) is 9.60. The van der Waals surface area contributed by atoms with Gasteiger partial charge in [0.15, 0.2) is 0 Å². The standard InChI is InChI=1S/C23H25N3O5/c1-3-31-19(27)18-15-10-7-11-22(15)16-12-30-13-17(16)23(18,14-8-5-4-6-9-14)26-21(29)24(2)20(28)25(22)26/h4-6,8-9,15,18H,3,7,10-13H2,1-2H3/t15-,18+,22-,23-/m1/s1. The fraction of sp³-hybridized carbons (Fsp3) is 0.522. The molecule has 1 aromatic heterocycles. The summed E-state index contributed by atoms with van der Waals surface area (Å²) in [5, 5.41) is 0. The van der Waals surface area contributed by atoms with Gasteiger partial charge in [0.2, 0.25) is 0 Å². The molecule has 0 saturated heterocycles. The van der Waals surface area contributed by atoms with Crippen LogP contribution in [0.4, 0.5) is 0 Å². The van der Waals surface area contributed by atoms with E-state index in [2.05, 4.69) is 0 Å². The molecule has 1 saturated carbocycles. The molecule has 1 aromatic carbocycles. The first-order chi connectivity index (χ1) is 15.0. The molecule has 2 aliphatic carbocycles. The molecule has 2 aromatic rings. The molecular weight excluding hydrogens is 398 g/mol. The summed E-state index contributed by atoms with van der Waals surface area (Å²) in [4.78, 5) is 40.7. The van der Waals surface area contributed by atoms with Crippen LogP contribution in [0, 0.1) is 11.8 Å². The van der Waals surface area contributed by atoms with Crippen LogP contribution in [0.25, 0.3) is 0 Å². The van der Waals surface area contributed by atoms with Crippen molar-refractivity contribution < 1.29 is 14.3 Å². The molecule has 8 heteroatoms.